The van der Waals surface area contributed by atoms with Gasteiger partial charge in [0.1, 0.15) is 0 Å². The number of piperidine rings is 1. The number of carbonyl (C=O) groups is 1. The van der Waals surface area contributed by atoms with Gasteiger partial charge in [0.15, 0.2) is 0 Å². The quantitative estimate of drug-likeness (QED) is 0.718. The molecular formula is C24H27N3O. The molecule has 0 radical (unpaired) electrons. The van der Waals surface area contributed by atoms with E-state index in [2.05, 4.69) is 70.8 Å². The summed E-state index contributed by atoms with van der Waals surface area (Å²) in [6, 6.07) is 16.9. The van der Waals surface area contributed by atoms with E-state index in [1.807, 2.05) is 6.07 Å². The molecule has 28 heavy (non-hydrogen) atoms. The summed E-state index contributed by atoms with van der Waals surface area (Å²) in [5, 5.41) is 4.69. The zero-order valence-corrected chi connectivity index (χ0v) is 16.4. The van der Waals surface area contributed by atoms with E-state index in [0.29, 0.717) is 6.42 Å². The van der Waals surface area contributed by atoms with Gasteiger partial charge in [-0.2, -0.15) is 0 Å². The van der Waals surface area contributed by atoms with Gasteiger partial charge in [-0.05, 0) is 55.1 Å². The Morgan fingerprint density at radius 3 is 2.71 bits per heavy atom. The molecule has 4 nitrogen and oxygen atoms in total. The van der Waals surface area contributed by atoms with Gasteiger partial charge >= 0.3 is 0 Å². The van der Waals surface area contributed by atoms with Gasteiger partial charge in [0.05, 0.1) is 0 Å². The van der Waals surface area contributed by atoms with E-state index in [-0.39, 0.29) is 17.2 Å². The summed E-state index contributed by atoms with van der Waals surface area (Å²) in [6.45, 7) is 5.05. The zero-order valence-electron chi connectivity index (χ0n) is 16.4. The van der Waals surface area contributed by atoms with Gasteiger partial charge in [-0.25, -0.2) is 0 Å². The molecular weight excluding hydrogens is 346 g/mol. The molecule has 5 rings (SSSR count). The fourth-order valence-corrected chi connectivity index (χ4v) is 5.17. The van der Waals surface area contributed by atoms with Gasteiger partial charge in [0.2, 0.25) is 5.91 Å². The van der Waals surface area contributed by atoms with Crippen molar-refractivity contribution in [3.63, 3.8) is 0 Å². The molecule has 2 aliphatic heterocycles. The summed E-state index contributed by atoms with van der Waals surface area (Å²) >= 11 is 0. The number of H-pyrrole nitrogens is 1. The fraction of sp³-hybridized carbons (Fsp3) is 0.375. The molecule has 2 N–H and O–H groups in total. The topological polar surface area (TPSA) is 48.1 Å². The number of aromatic nitrogens is 1. The highest BCUT2D eigenvalue weighted by Gasteiger charge is 2.44. The highest BCUT2D eigenvalue weighted by Crippen LogP contribution is 2.46. The normalized spacial score (nSPS) is 19.1. The van der Waals surface area contributed by atoms with Gasteiger partial charge in [0.25, 0.3) is 0 Å². The van der Waals surface area contributed by atoms with Gasteiger partial charge in [-0.1, -0.05) is 43.3 Å². The van der Waals surface area contributed by atoms with Crippen LogP contribution in [0, 0.1) is 0 Å². The van der Waals surface area contributed by atoms with Crippen LogP contribution >= 0.6 is 0 Å². The largest absolute Gasteiger partial charge is 0.361 e. The van der Waals surface area contributed by atoms with Crippen LogP contribution in [0.15, 0.2) is 54.7 Å². The lowest BCUT2D eigenvalue weighted by molar-refractivity contribution is -0.119. The Labute approximate surface area is 165 Å². The Balaban J connectivity index is 1.41. The monoisotopic (exact) mass is 373 g/mol. The maximum Gasteiger partial charge on any atom is 0.227 e. The van der Waals surface area contributed by atoms with Crippen molar-refractivity contribution in [2.75, 3.05) is 24.5 Å². The number of benzene rings is 2. The SMILES string of the molecule is CC(CC(=O)N1CC2(CCNCC2)c2ccccc21)c1c[nH]c2ccccc12. The molecule has 1 saturated heterocycles. The molecule has 1 spiro atoms. The Bertz CT molecular complexity index is 1020. The number of rotatable bonds is 3. The Hall–Kier alpha value is -2.59. The molecule has 1 aromatic heterocycles. The summed E-state index contributed by atoms with van der Waals surface area (Å²) in [4.78, 5) is 18.8. The smallest absolute Gasteiger partial charge is 0.227 e. The molecule has 0 bridgehead atoms. The van der Waals surface area contributed by atoms with Gasteiger partial charge in [0, 0.05) is 41.2 Å². The summed E-state index contributed by atoms with van der Waals surface area (Å²) in [6.07, 6.45) is 4.80. The van der Waals surface area contributed by atoms with E-state index in [0.717, 1.165) is 43.7 Å². The minimum Gasteiger partial charge on any atom is -0.361 e. The number of nitrogens with zero attached hydrogens (tertiary/aromatic N) is 1. The first-order valence-corrected chi connectivity index (χ1v) is 10.3. The van der Waals surface area contributed by atoms with Crippen molar-refractivity contribution >= 4 is 22.5 Å². The second-order valence-electron chi connectivity index (χ2n) is 8.42. The van der Waals surface area contributed by atoms with Crippen LogP contribution in [0.25, 0.3) is 10.9 Å². The van der Waals surface area contributed by atoms with Crippen molar-refractivity contribution in [1.29, 1.82) is 0 Å². The molecule has 2 aliphatic rings. The van der Waals surface area contributed by atoms with Crippen molar-refractivity contribution in [3.8, 4) is 0 Å². The lowest BCUT2D eigenvalue weighted by Gasteiger charge is -2.34. The maximum atomic E-state index is 13.4. The molecule has 1 fully saturated rings. The molecule has 1 unspecified atom stereocenters. The van der Waals surface area contributed by atoms with Crippen LogP contribution in [0.5, 0.6) is 0 Å². The number of carbonyl (C=O) groups excluding carboxylic acids is 1. The molecule has 2 aromatic carbocycles. The standard InChI is InChI=1S/C24H27N3O/c1-17(19-15-26-21-8-4-2-6-18(19)21)14-23(28)27-16-24(10-12-25-13-11-24)20-7-3-5-9-22(20)27/h2-9,15,17,25-26H,10-14,16H2,1H3. The van der Waals surface area contributed by atoms with Crippen molar-refractivity contribution in [1.82, 2.24) is 10.3 Å². The van der Waals surface area contributed by atoms with Crippen LogP contribution in [0.2, 0.25) is 0 Å². The molecule has 1 atom stereocenters. The van der Waals surface area contributed by atoms with Gasteiger partial charge in [-0.15, -0.1) is 0 Å². The van der Waals surface area contributed by atoms with Crippen LogP contribution in [0.3, 0.4) is 0 Å². The van der Waals surface area contributed by atoms with Crippen LogP contribution < -0.4 is 10.2 Å². The summed E-state index contributed by atoms with van der Waals surface area (Å²) in [5.74, 6) is 0.418. The number of aromatic amines is 1. The number of anilines is 1. The van der Waals surface area contributed by atoms with Gasteiger partial charge in [-0.3, -0.25) is 4.79 Å². The zero-order chi connectivity index (χ0) is 19.1. The number of nitrogens with one attached hydrogen (secondary N) is 2. The average Bonchev–Trinajstić information content (AvgIpc) is 3.29. The maximum absolute atomic E-state index is 13.4. The summed E-state index contributed by atoms with van der Waals surface area (Å²) in [7, 11) is 0. The van der Waals surface area contributed by atoms with Gasteiger partial charge < -0.3 is 15.2 Å². The van der Waals surface area contributed by atoms with Crippen molar-refractivity contribution in [2.45, 2.75) is 37.5 Å². The number of hydrogen-bond donors (Lipinski definition) is 2. The number of hydrogen-bond acceptors (Lipinski definition) is 2. The molecule has 4 heteroatoms. The molecule has 0 saturated carbocycles. The molecule has 1 amide bonds. The van der Waals surface area contributed by atoms with E-state index in [4.69, 9.17) is 0 Å². The number of fused-ring (bicyclic) bond motifs is 3. The van der Waals surface area contributed by atoms with E-state index in [1.54, 1.807) is 0 Å². The van der Waals surface area contributed by atoms with E-state index < -0.39 is 0 Å². The van der Waals surface area contributed by atoms with Crippen molar-refractivity contribution in [2.24, 2.45) is 0 Å². The van der Waals surface area contributed by atoms with E-state index in [9.17, 15) is 4.79 Å². The molecule has 3 heterocycles. The van der Waals surface area contributed by atoms with E-state index in [1.165, 1.54) is 16.5 Å². The van der Waals surface area contributed by atoms with Crippen LogP contribution in [-0.4, -0.2) is 30.5 Å². The first-order chi connectivity index (χ1) is 13.7. The summed E-state index contributed by atoms with van der Waals surface area (Å²) < 4.78 is 0. The third kappa shape index (κ3) is 2.75. The first kappa shape index (κ1) is 17.5. The Morgan fingerprint density at radius 1 is 1.11 bits per heavy atom. The minimum atomic E-state index is 0.127. The van der Waals surface area contributed by atoms with Crippen molar-refractivity contribution in [3.05, 3.63) is 65.9 Å². The van der Waals surface area contributed by atoms with Crippen LogP contribution in [0.4, 0.5) is 5.69 Å². The predicted molar refractivity (Wildman–Crippen MR) is 114 cm³/mol. The second-order valence-corrected chi connectivity index (χ2v) is 8.42. The predicted octanol–water partition coefficient (Wildman–Crippen LogP) is 4.33. The highest BCUT2D eigenvalue weighted by atomic mass is 16.2. The average molecular weight is 374 g/mol. The van der Waals surface area contributed by atoms with E-state index >= 15 is 0 Å². The van der Waals surface area contributed by atoms with Crippen LogP contribution in [-0.2, 0) is 10.2 Å². The number of para-hydroxylation sites is 2. The molecule has 3 aromatic rings. The van der Waals surface area contributed by atoms with Crippen molar-refractivity contribution < 1.29 is 4.79 Å². The number of amides is 1. The Kier molecular flexibility index (Phi) is 4.24. The first-order valence-electron chi connectivity index (χ1n) is 10.3. The lowest BCUT2D eigenvalue weighted by atomic mass is 9.75. The third-order valence-corrected chi connectivity index (χ3v) is 6.72. The van der Waals surface area contributed by atoms with Crippen LogP contribution in [0.1, 0.15) is 43.2 Å². The molecule has 144 valence electrons. The minimum absolute atomic E-state index is 0.127. The molecule has 0 aliphatic carbocycles. The third-order valence-electron chi connectivity index (χ3n) is 6.72. The lowest BCUT2D eigenvalue weighted by Crippen LogP contribution is -2.44. The highest BCUT2D eigenvalue weighted by molar-refractivity contribution is 5.97. The summed E-state index contributed by atoms with van der Waals surface area (Å²) in [5.41, 5.74) is 4.98. The fourth-order valence-electron chi connectivity index (χ4n) is 5.17. The second kappa shape index (κ2) is 6.78. The Morgan fingerprint density at radius 2 is 1.86 bits per heavy atom.